The molecule has 0 spiro atoms. The van der Waals surface area contributed by atoms with Gasteiger partial charge in [-0.15, -0.1) is 0 Å². The zero-order chi connectivity index (χ0) is 11.7. The van der Waals surface area contributed by atoms with Crippen molar-refractivity contribution in [3.8, 4) is 0 Å². The first-order valence-corrected chi connectivity index (χ1v) is 6.93. The lowest BCUT2D eigenvalue weighted by Crippen LogP contribution is -2.57. The third kappa shape index (κ3) is 2.50. The van der Waals surface area contributed by atoms with Gasteiger partial charge in [0.1, 0.15) is 0 Å². The molecule has 6 heteroatoms. The molecule has 3 N–H and O–H groups in total. The summed E-state index contributed by atoms with van der Waals surface area (Å²) in [6.45, 7) is 4.66. The fourth-order valence-corrected chi connectivity index (χ4v) is 2.67. The molecule has 2 unspecified atom stereocenters. The first kappa shape index (κ1) is 12.9. The molecule has 0 aromatic heterocycles. The standard InChI is InChI=1S/C9H20N2O3S/c1-9(2,15(3,12)13)8(11-10)7-4-5-14-6-7/h7-8,11H,4-6,10H2,1-3H3. The van der Waals surface area contributed by atoms with Crippen LogP contribution in [-0.4, -0.2) is 38.7 Å². The molecular formula is C9H20N2O3S. The van der Waals surface area contributed by atoms with Crippen LogP contribution in [-0.2, 0) is 14.6 Å². The van der Waals surface area contributed by atoms with E-state index in [2.05, 4.69) is 5.43 Å². The smallest absolute Gasteiger partial charge is 0.154 e. The Labute approximate surface area is 91.3 Å². The number of rotatable bonds is 4. The van der Waals surface area contributed by atoms with E-state index in [0.717, 1.165) is 6.42 Å². The number of sulfone groups is 1. The van der Waals surface area contributed by atoms with Crippen molar-refractivity contribution in [2.24, 2.45) is 11.8 Å². The molecular weight excluding hydrogens is 216 g/mol. The Balaban J connectivity index is 2.90. The second-order valence-corrected chi connectivity index (χ2v) is 7.24. The van der Waals surface area contributed by atoms with Crippen LogP contribution in [0.1, 0.15) is 20.3 Å². The maximum Gasteiger partial charge on any atom is 0.154 e. The zero-order valence-corrected chi connectivity index (χ0v) is 10.3. The summed E-state index contributed by atoms with van der Waals surface area (Å²) in [6.07, 6.45) is 2.10. The molecule has 1 heterocycles. The molecule has 1 aliphatic heterocycles. The van der Waals surface area contributed by atoms with E-state index in [9.17, 15) is 8.42 Å². The number of hydrogen-bond donors (Lipinski definition) is 2. The number of hydrogen-bond acceptors (Lipinski definition) is 5. The van der Waals surface area contributed by atoms with E-state index < -0.39 is 14.6 Å². The molecule has 5 nitrogen and oxygen atoms in total. The maximum absolute atomic E-state index is 11.7. The van der Waals surface area contributed by atoms with Crippen LogP contribution in [0, 0.1) is 5.92 Å². The number of ether oxygens (including phenoxy) is 1. The van der Waals surface area contributed by atoms with Gasteiger partial charge >= 0.3 is 0 Å². The third-order valence-corrected chi connectivity index (χ3v) is 5.49. The monoisotopic (exact) mass is 236 g/mol. The third-order valence-electron chi connectivity index (χ3n) is 3.32. The van der Waals surface area contributed by atoms with E-state index in [1.807, 2.05) is 0 Å². The normalized spacial score (nSPS) is 25.5. The van der Waals surface area contributed by atoms with E-state index in [1.165, 1.54) is 6.26 Å². The first-order valence-electron chi connectivity index (χ1n) is 5.04. The van der Waals surface area contributed by atoms with Gasteiger partial charge in [0.05, 0.1) is 11.4 Å². The summed E-state index contributed by atoms with van der Waals surface area (Å²) in [5.74, 6) is 5.63. The molecule has 0 saturated carbocycles. The van der Waals surface area contributed by atoms with Crippen LogP contribution < -0.4 is 11.3 Å². The zero-order valence-electron chi connectivity index (χ0n) is 9.49. The quantitative estimate of drug-likeness (QED) is 0.516. The van der Waals surface area contributed by atoms with Crippen molar-refractivity contribution < 1.29 is 13.2 Å². The Morgan fingerprint density at radius 1 is 1.53 bits per heavy atom. The topological polar surface area (TPSA) is 81.4 Å². The van der Waals surface area contributed by atoms with Crippen molar-refractivity contribution in [3.05, 3.63) is 0 Å². The Bertz CT molecular complexity index is 307. The molecule has 15 heavy (non-hydrogen) atoms. The molecule has 0 aromatic rings. The largest absolute Gasteiger partial charge is 0.381 e. The summed E-state index contributed by atoms with van der Waals surface area (Å²) in [5.41, 5.74) is 2.63. The number of nitrogens with two attached hydrogens (primary N) is 1. The van der Waals surface area contributed by atoms with E-state index in [1.54, 1.807) is 13.8 Å². The minimum absolute atomic E-state index is 0.166. The van der Waals surface area contributed by atoms with Gasteiger partial charge in [-0.3, -0.25) is 11.3 Å². The summed E-state index contributed by atoms with van der Waals surface area (Å²) in [5, 5.41) is 0. The van der Waals surface area contributed by atoms with Gasteiger partial charge in [-0.1, -0.05) is 0 Å². The molecule has 90 valence electrons. The van der Waals surface area contributed by atoms with Gasteiger partial charge in [0.25, 0.3) is 0 Å². The van der Waals surface area contributed by atoms with Crippen LogP contribution in [0.3, 0.4) is 0 Å². The molecule has 0 bridgehead atoms. The number of hydrazine groups is 1. The molecule has 0 amide bonds. The lowest BCUT2D eigenvalue weighted by atomic mass is 9.90. The summed E-state index contributed by atoms with van der Waals surface area (Å²) in [4.78, 5) is 0. The van der Waals surface area contributed by atoms with Gasteiger partial charge in [-0.2, -0.15) is 0 Å². The van der Waals surface area contributed by atoms with Gasteiger partial charge in [0, 0.05) is 24.8 Å². The predicted octanol–water partition coefficient (Wildman–Crippen LogP) is -0.322. The highest BCUT2D eigenvalue weighted by Crippen LogP contribution is 2.29. The molecule has 2 atom stereocenters. The summed E-state index contributed by atoms with van der Waals surface area (Å²) >= 11 is 0. The lowest BCUT2D eigenvalue weighted by Gasteiger charge is -2.35. The van der Waals surface area contributed by atoms with E-state index in [-0.39, 0.29) is 12.0 Å². The van der Waals surface area contributed by atoms with E-state index >= 15 is 0 Å². The van der Waals surface area contributed by atoms with Crippen LogP contribution >= 0.6 is 0 Å². The predicted molar refractivity (Wildman–Crippen MR) is 59.0 cm³/mol. The van der Waals surface area contributed by atoms with Crippen molar-refractivity contribution >= 4 is 9.84 Å². The molecule has 1 rings (SSSR count). The maximum atomic E-state index is 11.7. The average molecular weight is 236 g/mol. The van der Waals surface area contributed by atoms with Gasteiger partial charge < -0.3 is 4.74 Å². The van der Waals surface area contributed by atoms with Crippen LogP contribution in [0.25, 0.3) is 0 Å². The van der Waals surface area contributed by atoms with E-state index in [0.29, 0.717) is 13.2 Å². The Hall–Kier alpha value is -0.170. The van der Waals surface area contributed by atoms with Crippen molar-refractivity contribution in [2.45, 2.75) is 31.1 Å². The van der Waals surface area contributed by atoms with Crippen molar-refractivity contribution in [2.75, 3.05) is 19.5 Å². The highest BCUT2D eigenvalue weighted by Gasteiger charge is 2.43. The fraction of sp³-hybridized carbons (Fsp3) is 1.00. The van der Waals surface area contributed by atoms with Crippen LogP contribution in [0.4, 0.5) is 0 Å². The lowest BCUT2D eigenvalue weighted by molar-refractivity contribution is 0.171. The Kier molecular flexibility index (Phi) is 3.76. The highest BCUT2D eigenvalue weighted by atomic mass is 32.2. The molecule has 1 aliphatic rings. The minimum Gasteiger partial charge on any atom is -0.381 e. The molecule has 1 fully saturated rings. The number of nitrogens with one attached hydrogen (secondary N) is 1. The van der Waals surface area contributed by atoms with Crippen molar-refractivity contribution in [1.29, 1.82) is 0 Å². The SMILES string of the molecule is CC(C)(C(NN)C1CCOC1)S(C)(=O)=O. The molecule has 1 saturated heterocycles. The van der Waals surface area contributed by atoms with Gasteiger partial charge in [0.15, 0.2) is 9.84 Å². The van der Waals surface area contributed by atoms with Gasteiger partial charge in [0.2, 0.25) is 0 Å². The van der Waals surface area contributed by atoms with Crippen molar-refractivity contribution in [1.82, 2.24) is 5.43 Å². The van der Waals surface area contributed by atoms with Crippen molar-refractivity contribution in [3.63, 3.8) is 0 Å². The summed E-state index contributed by atoms with van der Waals surface area (Å²) in [6, 6.07) is -0.269. The second kappa shape index (κ2) is 4.37. The second-order valence-electron chi connectivity index (χ2n) is 4.64. The Morgan fingerprint density at radius 2 is 2.13 bits per heavy atom. The van der Waals surface area contributed by atoms with Crippen LogP contribution in [0.5, 0.6) is 0 Å². The van der Waals surface area contributed by atoms with E-state index in [4.69, 9.17) is 10.6 Å². The highest BCUT2D eigenvalue weighted by molar-refractivity contribution is 7.92. The van der Waals surface area contributed by atoms with Gasteiger partial charge in [-0.05, 0) is 20.3 Å². The molecule has 0 aromatic carbocycles. The summed E-state index contributed by atoms with van der Waals surface area (Å²) in [7, 11) is -3.15. The van der Waals surface area contributed by atoms with Gasteiger partial charge in [-0.25, -0.2) is 8.42 Å². The first-order chi connectivity index (χ1) is 6.80. The average Bonchev–Trinajstić information content (AvgIpc) is 2.55. The fourth-order valence-electron chi connectivity index (χ4n) is 1.95. The minimum atomic E-state index is -3.15. The van der Waals surface area contributed by atoms with Crippen LogP contribution in [0.15, 0.2) is 0 Å². The molecule has 0 aliphatic carbocycles. The van der Waals surface area contributed by atoms with Crippen LogP contribution in [0.2, 0.25) is 0 Å². The molecule has 0 radical (unpaired) electrons. The Morgan fingerprint density at radius 3 is 2.47 bits per heavy atom. The summed E-state index contributed by atoms with van der Waals surface area (Å²) < 4.78 is 27.7.